The van der Waals surface area contributed by atoms with E-state index in [9.17, 15) is 34.1 Å². The number of carboxylic acid groups (broad SMARTS) is 1. The molecule has 0 aromatic rings. The molecule has 0 rings (SSSR count). The molecule has 0 radical (unpaired) electrons. The zero-order valence-electron chi connectivity index (χ0n) is 28.9. The van der Waals surface area contributed by atoms with E-state index < -0.39 is 57.6 Å². The van der Waals surface area contributed by atoms with Crippen molar-refractivity contribution in [3.8, 4) is 0 Å². The van der Waals surface area contributed by atoms with E-state index in [0.717, 1.165) is 38.5 Å². The number of aliphatic carboxylic acids is 1. The average Bonchev–Trinajstić information content (AvgIpc) is 3.02. The van der Waals surface area contributed by atoms with Gasteiger partial charge in [-0.2, -0.15) is 0 Å². The lowest BCUT2D eigenvalue weighted by atomic mass is 10.0. The first kappa shape index (κ1) is 44.5. The Labute approximate surface area is 278 Å². The maximum absolute atomic E-state index is 12.2. The number of ether oxygens (including phenoxy) is 1. The van der Waals surface area contributed by atoms with Crippen molar-refractivity contribution in [1.29, 1.82) is 0 Å². The molecule has 46 heavy (non-hydrogen) atoms. The van der Waals surface area contributed by atoms with Crippen LogP contribution in [0.1, 0.15) is 168 Å². The lowest BCUT2D eigenvalue weighted by Crippen LogP contribution is -2.43. The summed E-state index contributed by atoms with van der Waals surface area (Å²) >= 11 is 0. The molecule has 4 N–H and O–H groups in total. The van der Waals surface area contributed by atoms with Gasteiger partial charge in [-0.1, -0.05) is 142 Å². The van der Waals surface area contributed by atoms with Gasteiger partial charge in [0.2, 0.25) is 5.91 Å². The molecule has 272 valence electrons. The number of amides is 1. The van der Waals surface area contributed by atoms with Crippen LogP contribution in [0.2, 0.25) is 0 Å². The Balaban J connectivity index is 3.93. The third-order valence-electron chi connectivity index (χ3n) is 7.90. The first-order valence-electron chi connectivity index (χ1n) is 18.1. The van der Waals surface area contributed by atoms with Crippen LogP contribution in [0, 0.1) is 0 Å². The van der Waals surface area contributed by atoms with Crippen LogP contribution in [-0.2, 0) is 32.7 Å². The molecule has 0 aliphatic rings. The van der Waals surface area contributed by atoms with E-state index in [2.05, 4.69) is 19.2 Å². The zero-order valence-corrected chi connectivity index (χ0v) is 29.8. The SMILES string of the molecule is CCCCCCCCCCCCCCCCC(=O)OCC(O)COP(=O)(O)OCC(NC(=O)CCCCCCCCCC)C(=O)O. The smallest absolute Gasteiger partial charge is 0.472 e. The summed E-state index contributed by atoms with van der Waals surface area (Å²) in [6.45, 7) is 2.53. The summed E-state index contributed by atoms with van der Waals surface area (Å²) in [6.07, 6.45) is 24.4. The Kier molecular flexibility index (Phi) is 29.8. The monoisotopic (exact) mass is 679 g/mol. The van der Waals surface area contributed by atoms with Crippen LogP contribution in [-0.4, -0.2) is 64.9 Å². The number of carboxylic acids is 1. The summed E-state index contributed by atoms with van der Waals surface area (Å²) in [5.41, 5.74) is 0. The van der Waals surface area contributed by atoms with Crippen molar-refractivity contribution in [1.82, 2.24) is 5.32 Å². The van der Waals surface area contributed by atoms with E-state index in [-0.39, 0.29) is 12.8 Å². The molecule has 0 saturated carbocycles. The molecule has 0 aromatic carbocycles. The quantitative estimate of drug-likeness (QED) is 0.0297. The van der Waals surface area contributed by atoms with E-state index in [4.69, 9.17) is 13.8 Å². The maximum atomic E-state index is 12.2. The van der Waals surface area contributed by atoms with Gasteiger partial charge in [-0.3, -0.25) is 18.6 Å². The lowest BCUT2D eigenvalue weighted by molar-refractivity contribution is -0.147. The highest BCUT2D eigenvalue weighted by molar-refractivity contribution is 7.47. The molecule has 0 aliphatic heterocycles. The molecule has 1 amide bonds. The standard InChI is InChI=1S/C34H66NO10P/c1-3-5-7-9-11-13-14-15-16-17-18-20-22-24-26-33(38)43-27-30(36)28-44-46(41,42)45-29-31(34(39)40)35-32(37)25-23-21-19-12-10-8-6-4-2/h30-31,36H,3-29H2,1-2H3,(H,35,37)(H,39,40)(H,41,42). The zero-order chi connectivity index (χ0) is 34.3. The average molecular weight is 680 g/mol. The Hall–Kier alpha value is -1.52. The van der Waals surface area contributed by atoms with Gasteiger partial charge in [0.05, 0.1) is 13.2 Å². The topological polar surface area (TPSA) is 169 Å². The fraction of sp³-hybridized carbons (Fsp3) is 0.912. The lowest BCUT2D eigenvalue weighted by Gasteiger charge is -2.18. The highest BCUT2D eigenvalue weighted by Gasteiger charge is 2.28. The predicted molar refractivity (Wildman–Crippen MR) is 180 cm³/mol. The minimum atomic E-state index is -4.73. The summed E-state index contributed by atoms with van der Waals surface area (Å²) < 4.78 is 26.6. The van der Waals surface area contributed by atoms with Crippen LogP contribution in [0.4, 0.5) is 0 Å². The highest BCUT2D eigenvalue weighted by Crippen LogP contribution is 2.43. The number of phosphoric acid groups is 1. The van der Waals surface area contributed by atoms with Crippen LogP contribution in [0.5, 0.6) is 0 Å². The Bertz CT molecular complexity index is 813. The second-order valence-corrected chi connectivity index (χ2v) is 13.9. The Morgan fingerprint density at radius 3 is 1.43 bits per heavy atom. The molecule has 12 heteroatoms. The molecule has 0 saturated heterocycles. The second-order valence-electron chi connectivity index (χ2n) is 12.4. The number of hydrogen-bond acceptors (Lipinski definition) is 8. The fourth-order valence-electron chi connectivity index (χ4n) is 5.02. The number of aliphatic hydroxyl groups excluding tert-OH is 1. The van der Waals surface area contributed by atoms with Gasteiger partial charge in [0, 0.05) is 12.8 Å². The van der Waals surface area contributed by atoms with Crippen molar-refractivity contribution in [3.63, 3.8) is 0 Å². The normalized spacial score (nSPS) is 14.0. The molecule has 11 nitrogen and oxygen atoms in total. The number of phosphoric ester groups is 1. The summed E-state index contributed by atoms with van der Waals surface area (Å²) in [7, 11) is -4.73. The number of carbonyl (C=O) groups is 3. The summed E-state index contributed by atoms with van der Waals surface area (Å²) in [5.74, 6) is -2.37. The molecule has 3 unspecified atom stereocenters. The van der Waals surface area contributed by atoms with Gasteiger partial charge in [0.15, 0.2) is 6.04 Å². The van der Waals surface area contributed by atoms with Crippen molar-refractivity contribution in [2.75, 3.05) is 19.8 Å². The third-order valence-corrected chi connectivity index (χ3v) is 8.85. The number of esters is 1. The minimum Gasteiger partial charge on any atom is -0.480 e. The summed E-state index contributed by atoms with van der Waals surface area (Å²) in [6, 6.07) is -1.54. The molecular weight excluding hydrogens is 613 g/mol. The largest absolute Gasteiger partial charge is 0.480 e. The molecule has 0 fully saturated rings. The van der Waals surface area contributed by atoms with Crippen LogP contribution in [0.3, 0.4) is 0 Å². The summed E-state index contributed by atoms with van der Waals surface area (Å²) in [4.78, 5) is 45.4. The molecule has 0 spiro atoms. The van der Waals surface area contributed by atoms with E-state index >= 15 is 0 Å². The van der Waals surface area contributed by atoms with Crippen LogP contribution < -0.4 is 5.32 Å². The van der Waals surface area contributed by atoms with Crippen LogP contribution in [0.25, 0.3) is 0 Å². The molecule has 3 atom stereocenters. The van der Waals surface area contributed by atoms with Gasteiger partial charge in [0.25, 0.3) is 0 Å². The van der Waals surface area contributed by atoms with Crippen molar-refractivity contribution < 1.29 is 47.8 Å². The third kappa shape index (κ3) is 29.9. The summed E-state index contributed by atoms with van der Waals surface area (Å²) in [5, 5.41) is 21.6. The van der Waals surface area contributed by atoms with Gasteiger partial charge in [0.1, 0.15) is 12.7 Å². The van der Waals surface area contributed by atoms with Gasteiger partial charge in [-0.15, -0.1) is 0 Å². The van der Waals surface area contributed by atoms with Gasteiger partial charge in [-0.05, 0) is 12.8 Å². The molecule has 0 aliphatic carbocycles. The highest BCUT2D eigenvalue weighted by atomic mass is 31.2. The van der Waals surface area contributed by atoms with Crippen LogP contribution >= 0.6 is 7.82 Å². The molecule has 0 heterocycles. The fourth-order valence-corrected chi connectivity index (χ4v) is 5.79. The van der Waals surface area contributed by atoms with Gasteiger partial charge in [-0.25, -0.2) is 9.36 Å². The second kappa shape index (κ2) is 30.8. The van der Waals surface area contributed by atoms with E-state index in [0.29, 0.717) is 12.8 Å². The van der Waals surface area contributed by atoms with E-state index in [1.807, 2.05) is 0 Å². The number of unbranched alkanes of at least 4 members (excludes halogenated alkanes) is 20. The Morgan fingerprint density at radius 1 is 0.609 bits per heavy atom. The number of nitrogens with one attached hydrogen (secondary N) is 1. The number of aliphatic hydroxyl groups is 1. The first-order valence-corrected chi connectivity index (χ1v) is 19.6. The van der Waals surface area contributed by atoms with Crippen molar-refractivity contribution in [2.45, 2.75) is 180 Å². The van der Waals surface area contributed by atoms with Crippen LogP contribution in [0.15, 0.2) is 0 Å². The van der Waals surface area contributed by atoms with Gasteiger partial charge < -0.3 is 25.2 Å². The maximum Gasteiger partial charge on any atom is 0.472 e. The van der Waals surface area contributed by atoms with E-state index in [1.54, 1.807) is 0 Å². The van der Waals surface area contributed by atoms with Gasteiger partial charge >= 0.3 is 19.8 Å². The molecule has 0 bridgehead atoms. The van der Waals surface area contributed by atoms with Crippen molar-refractivity contribution >= 4 is 25.7 Å². The molecule has 0 aromatic heterocycles. The number of hydrogen-bond donors (Lipinski definition) is 4. The van der Waals surface area contributed by atoms with E-state index in [1.165, 1.54) is 89.9 Å². The van der Waals surface area contributed by atoms with Crippen molar-refractivity contribution in [2.24, 2.45) is 0 Å². The van der Waals surface area contributed by atoms with Crippen molar-refractivity contribution in [3.05, 3.63) is 0 Å². The number of carbonyl (C=O) groups excluding carboxylic acids is 2. The number of rotatable bonds is 34. The Morgan fingerprint density at radius 2 is 1.00 bits per heavy atom. The molecular formula is C34H66NO10P. The predicted octanol–water partition coefficient (Wildman–Crippen LogP) is 8.00. The first-order chi connectivity index (χ1) is 22.1. The minimum absolute atomic E-state index is 0.149.